The third-order valence-corrected chi connectivity index (χ3v) is 5.01. The monoisotopic (exact) mass is 601 g/mol. The zero-order chi connectivity index (χ0) is 29.5. The Kier molecular flexibility index (Phi) is 15.0. The molecule has 0 aliphatic heterocycles. The average molecular weight is 602 g/mol. The van der Waals surface area contributed by atoms with Crippen molar-refractivity contribution in [3.8, 4) is 0 Å². The number of allylic oxidation sites excluding steroid dienone is 1. The van der Waals surface area contributed by atoms with Crippen LogP contribution >= 0.6 is 0 Å². The van der Waals surface area contributed by atoms with Crippen molar-refractivity contribution < 1.29 is 36.3 Å². The number of carbonyl (C=O) groups excluding carboxylic acids is 3. The summed E-state index contributed by atoms with van der Waals surface area (Å²) in [5.74, 6) is -1.76. The second kappa shape index (κ2) is 17.9. The number of amides is 4. The van der Waals surface area contributed by atoms with E-state index in [-0.39, 0.29) is 34.1 Å². The molecule has 6 N–H and O–H groups in total. The molecule has 3 aromatic carbocycles. The SMILES string of the molecule is CC[CH-]c1ccccc1.[CH2-]C(C)C(=O)Nc1cccc(NC(=O)C(N=Nc2cccc(NC(N)=O)c2)=C(C)O)c1.[Co+2]. The van der Waals surface area contributed by atoms with Crippen LogP contribution in [-0.4, -0.2) is 23.0 Å². The molecular formula is C30H34CoN6O4. The van der Waals surface area contributed by atoms with Crippen LogP contribution in [0, 0.1) is 19.3 Å². The fraction of sp³-hybridized carbons (Fsp3) is 0.167. The minimum atomic E-state index is -0.733. The summed E-state index contributed by atoms with van der Waals surface area (Å²) in [4.78, 5) is 35.3. The summed E-state index contributed by atoms with van der Waals surface area (Å²) in [5, 5.41) is 25.3. The van der Waals surface area contributed by atoms with Gasteiger partial charge in [-0.15, -0.1) is 17.2 Å². The molecule has 3 aromatic rings. The van der Waals surface area contributed by atoms with E-state index in [2.05, 4.69) is 70.7 Å². The molecule has 41 heavy (non-hydrogen) atoms. The summed E-state index contributed by atoms with van der Waals surface area (Å²) in [6, 6.07) is 22.4. The molecule has 3 rings (SSSR count). The maximum Gasteiger partial charge on any atom is 2.00 e. The van der Waals surface area contributed by atoms with Gasteiger partial charge >= 0.3 is 22.8 Å². The predicted octanol–water partition coefficient (Wildman–Crippen LogP) is 6.74. The van der Waals surface area contributed by atoms with Crippen LogP contribution in [0.2, 0.25) is 0 Å². The first-order chi connectivity index (χ1) is 19.1. The van der Waals surface area contributed by atoms with Crippen molar-refractivity contribution >= 4 is 40.6 Å². The van der Waals surface area contributed by atoms with Gasteiger partial charge in [-0.2, -0.15) is 29.2 Å². The quantitative estimate of drug-likeness (QED) is 0.0796. The minimum Gasteiger partial charge on any atom is -0.510 e. The van der Waals surface area contributed by atoms with Crippen LogP contribution in [0.25, 0.3) is 0 Å². The molecule has 0 aromatic heterocycles. The van der Waals surface area contributed by atoms with Crippen molar-refractivity contribution in [2.45, 2.75) is 27.2 Å². The number of nitrogens with zero attached hydrogens (tertiary/aromatic N) is 2. The third-order valence-electron chi connectivity index (χ3n) is 5.01. The Bertz CT molecular complexity index is 1360. The van der Waals surface area contributed by atoms with E-state index >= 15 is 0 Å². The molecule has 0 heterocycles. The van der Waals surface area contributed by atoms with E-state index in [9.17, 15) is 19.5 Å². The molecule has 0 aliphatic carbocycles. The molecule has 0 spiro atoms. The van der Waals surface area contributed by atoms with Gasteiger partial charge in [-0.05, 0) is 43.3 Å². The molecule has 10 nitrogen and oxygen atoms in total. The predicted molar refractivity (Wildman–Crippen MR) is 158 cm³/mol. The number of rotatable bonds is 9. The number of nitrogens with one attached hydrogen (secondary N) is 3. The summed E-state index contributed by atoms with van der Waals surface area (Å²) in [6.45, 7) is 8.75. The van der Waals surface area contributed by atoms with Crippen molar-refractivity contribution in [2.75, 3.05) is 16.0 Å². The molecule has 0 saturated heterocycles. The standard InChI is InChI=1S/C21H23N6O4.C9H11.Co/c1-12(2)19(29)23-14-6-4-7-15(10-14)24-20(30)18(13(3)28)27-26-17-9-5-8-16(11-17)25-21(22)31;1-2-6-9-7-4-3-5-8-9;/h4-12,28H,1H2,2-3H3,(H,23,29)(H,24,30)(H3,22,25,31);3-8H,2H2,1H3;/q2*-1;+2. The molecule has 0 fully saturated rings. The maximum absolute atomic E-state index is 12.6. The summed E-state index contributed by atoms with van der Waals surface area (Å²) < 4.78 is 0. The maximum atomic E-state index is 12.6. The van der Waals surface area contributed by atoms with Gasteiger partial charge in [0, 0.05) is 17.1 Å². The molecule has 0 bridgehead atoms. The molecule has 0 saturated carbocycles. The minimum absolute atomic E-state index is 0. The van der Waals surface area contributed by atoms with E-state index in [0.29, 0.717) is 22.7 Å². The fourth-order valence-corrected chi connectivity index (χ4v) is 3.13. The zero-order valence-electron chi connectivity index (χ0n) is 23.1. The topological polar surface area (TPSA) is 158 Å². The number of anilines is 3. The van der Waals surface area contributed by atoms with E-state index in [1.165, 1.54) is 18.6 Å². The second-order valence-electron chi connectivity index (χ2n) is 8.62. The first kappa shape index (κ1) is 34.4. The number of benzene rings is 3. The van der Waals surface area contributed by atoms with Gasteiger partial charge in [0.1, 0.15) is 5.76 Å². The summed E-state index contributed by atoms with van der Waals surface area (Å²) in [7, 11) is 0. The molecule has 11 heteroatoms. The van der Waals surface area contributed by atoms with Gasteiger partial charge in [0.15, 0.2) is 11.6 Å². The first-order valence-corrected chi connectivity index (χ1v) is 12.5. The second-order valence-corrected chi connectivity index (χ2v) is 8.62. The number of aliphatic hydroxyl groups excluding tert-OH is 1. The number of primary amides is 1. The number of hydrogen-bond acceptors (Lipinski definition) is 6. The van der Waals surface area contributed by atoms with E-state index < -0.39 is 17.9 Å². The fourth-order valence-electron chi connectivity index (χ4n) is 3.13. The number of aliphatic hydroxyl groups is 1. The Hall–Kier alpha value is -4.61. The summed E-state index contributed by atoms with van der Waals surface area (Å²) in [5.41, 5.74) is 7.66. The Morgan fingerprint density at radius 3 is 2.07 bits per heavy atom. The molecule has 0 aliphatic rings. The first-order valence-electron chi connectivity index (χ1n) is 12.5. The zero-order valence-corrected chi connectivity index (χ0v) is 24.1. The van der Waals surface area contributed by atoms with Gasteiger partial charge in [0.25, 0.3) is 5.91 Å². The van der Waals surface area contributed by atoms with Crippen molar-refractivity contribution in [3.05, 3.63) is 109 Å². The largest absolute Gasteiger partial charge is 2.00 e. The van der Waals surface area contributed by atoms with E-state index in [0.717, 1.165) is 6.42 Å². The van der Waals surface area contributed by atoms with Gasteiger partial charge < -0.3 is 33.7 Å². The van der Waals surface area contributed by atoms with Crippen LogP contribution in [0.4, 0.5) is 27.5 Å². The molecule has 1 radical (unpaired) electrons. The molecular weight excluding hydrogens is 567 g/mol. The Balaban J connectivity index is 0.000000714. The van der Waals surface area contributed by atoms with E-state index in [1.54, 1.807) is 49.4 Å². The van der Waals surface area contributed by atoms with Crippen LogP contribution in [0.1, 0.15) is 32.8 Å². The van der Waals surface area contributed by atoms with Crippen LogP contribution in [-0.2, 0) is 26.4 Å². The van der Waals surface area contributed by atoms with Crippen molar-refractivity contribution in [2.24, 2.45) is 21.9 Å². The Morgan fingerprint density at radius 1 is 0.927 bits per heavy atom. The normalized spacial score (nSPS) is 11.5. The number of urea groups is 1. The van der Waals surface area contributed by atoms with Gasteiger partial charge in [-0.3, -0.25) is 9.59 Å². The van der Waals surface area contributed by atoms with Gasteiger partial charge in [-0.25, -0.2) is 4.79 Å². The number of azo groups is 1. The Labute approximate surface area is 250 Å². The molecule has 1 unspecified atom stereocenters. The van der Waals surface area contributed by atoms with Crippen LogP contribution in [0.3, 0.4) is 0 Å². The smallest absolute Gasteiger partial charge is 0.510 e. The van der Waals surface area contributed by atoms with Crippen LogP contribution in [0.5, 0.6) is 0 Å². The van der Waals surface area contributed by atoms with Crippen molar-refractivity contribution in [3.63, 3.8) is 0 Å². The number of hydrogen-bond donors (Lipinski definition) is 5. The molecule has 217 valence electrons. The number of nitrogens with two attached hydrogens (primary N) is 1. The third kappa shape index (κ3) is 12.9. The van der Waals surface area contributed by atoms with Gasteiger partial charge in [0.05, 0.1) is 5.69 Å². The van der Waals surface area contributed by atoms with Gasteiger partial charge in [0.2, 0.25) is 0 Å². The average Bonchev–Trinajstić information content (AvgIpc) is 2.90. The van der Waals surface area contributed by atoms with Gasteiger partial charge in [-0.1, -0.05) is 44.4 Å². The van der Waals surface area contributed by atoms with E-state index in [4.69, 9.17) is 5.73 Å². The van der Waals surface area contributed by atoms with Crippen LogP contribution < -0.4 is 21.7 Å². The molecule has 4 amide bonds. The summed E-state index contributed by atoms with van der Waals surface area (Å²) >= 11 is 0. The summed E-state index contributed by atoms with van der Waals surface area (Å²) in [6.07, 6.45) is 3.32. The Morgan fingerprint density at radius 2 is 1.51 bits per heavy atom. The molecule has 1 atom stereocenters. The van der Waals surface area contributed by atoms with E-state index in [1.807, 2.05) is 6.07 Å². The number of carbonyl (C=O) groups is 3. The van der Waals surface area contributed by atoms with Crippen molar-refractivity contribution in [1.82, 2.24) is 0 Å². The van der Waals surface area contributed by atoms with Crippen molar-refractivity contribution in [1.29, 1.82) is 0 Å². The van der Waals surface area contributed by atoms with Crippen LogP contribution in [0.15, 0.2) is 101 Å².